The lowest BCUT2D eigenvalue weighted by atomic mass is 10.0. The second-order valence-corrected chi connectivity index (χ2v) is 5.35. The maximum Gasteiger partial charge on any atom is 0.344 e. The highest BCUT2D eigenvalue weighted by Crippen LogP contribution is 2.30. The molecule has 4 rings (SSSR count). The smallest absolute Gasteiger partial charge is 0.344 e. The maximum absolute atomic E-state index is 13.6. The van der Waals surface area contributed by atoms with Crippen molar-refractivity contribution in [2.75, 3.05) is 6.61 Å². The summed E-state index contributed by atoms with van der Waals surface area (Å²) in [5.74, 6) is 0.271. The number of nitrogens with zero attached hydrogens (tertiary/aromatic N) is 1. The minimum absolute atomic E-state index is 0.00556. The molecule has 0 spiro atoms. The van der Waals surface area contributed by atoms with Crippen LogP contribution < -0.4 is 10.4 Å². The lowest BCUT2D eigenvalue weighted by molar-refractivity contribution is 0.357. The highest BCUT2D eigenvalue weighted by molar-refractivity contribution is 5.86. The van der Waals surface area contributed by atoms with Gasteiger partial charge in [-0.05, 0) is 41.5 Å². The maximum atomic E-state index is 13.6. The fraction of sp³-hybridized carbons (Fsp3) is 0.111. The molecule has 4 nitrogen and oxygen atoms in total. The molecular weight excluding hydrogens is 297 g/mol. The van der Waals surface area contributed by atoms with Crippen LogP contribution in [-0.4, -0.2) is 6.61 Å². The van der Waals surface area contributed by atoms with Crippen LogP contribution in [-0.2, 0) is 6.42 Å². The first-order valence-corrected chi connectivity index (χ1v) is 7.09. The molecule has 1 aromatic heterocycles. The standard InChI is InChI=1S/C18H10FNO3/c19-14-6-12-8-15(18(21)23-17(12)13(7-14)9-20)10-1-2-16-11(5-10)3-4-22-16/h1-2,5-8H,3-4H2. The zero-order valence-electron chi connectivity index (χ0n) is 11.9. The molecule has 0 unspecified atom stereocenters. The molecule has 0 fully saturated rings. The van der Waals surface area contributed by atoms with Crippen LogP contribution in [0, 0.1) is 17.1 Å². The fourth-order valence-electron chi connectivity index (χ4n) is 2.84. The molecule has 0 amide bonds. The Labute approximate surface area is 130 Å². The van der Waals surface area contributed by atoms with Gasteiger partial charge in [-0.25, -0.2) is 9.18 Å². The molecule has 0 N–H and O–H groups in total. The molecule has 0 saturated carbocycles. The number of fused-ring (bicyclic) bond motifs is 2. The van der Waals surface area contributed by atoms with Crippen LogP contribution in [0.2, 0.25) is 0 Å². The summed E-state index contributed by atoms with van der Waals surface area (Å²) in [6.07, 6.45) is 0.787. The first kappa shape index (κ1) is 13.5. The Hall–Kier alpha value is -3.13. The fourth-order valence-corrected chi connectivity index (χ4v) is 2.84. The van der Waals surface area contributed by atoms with Crippen molar-refractivity contribution in [1.29, 1.82) is 5.26 Å². The van der Waals surface area contributed by atoms with Gasteiger partial charge in [0.1, 0.15) is 17.6 Å². The Balaban J connectivity index is 1.96. The van der Waals surface area contributed by atoms with Crippen molar-refractivity contribution in [3.63, 3.8) is 0 Å². The number of rotatable bonds is 1. The van der Waals surface area contributed by atoms with Gasteiger partial charge in [-0.1, -0.05) is 6.07 Å². The number of benzene rings is 2. The van der Waals surface area contributed by atoms with Gasteiger partial charge in [0.05, 0.1) is 17.7 Å². The summed E-state index contributed by atoms with van der Waals surface area (Å²) in [5.41, 5.74) is 1.60. The molecule has 2 heterocycles. The third kappa shape index (κ3) is 2.16. The second kappa shape index (κ2) is 4.96. The minimum atomic E-state index is -0.556. The van der Waals surface area contributed by atoms with Crippen molar-refractivity contribution in [3.8, 4) is 22.9 Å². The highest BCUT2D eigenvalue weighted by atomic mass is 19.1. The van der Waals surface area contributed by atoms with Crippen molar-refractivity contribution >= 4 is 11.0 Å². The highest BCUT2D eigenvalue weighted by Gasteiger charge is 2.16. The lowest BCUT2D eigenvalue weighted by Gasteiger charge is -2.06. The van der Waals surface area contributed by atoms with Crippen LogP contribution in [0.3, 0.4) is 0 Å². The van der Waals surface area contributed by atoms with Gasteiger partial charge in [0.15, 0.2) is 5.58 Å². The van der Waals surface area contributed by atoms with Crippen LogP contribution in [0.15, 0.2) is 45.6 Å². The Kier molecular flexibility index (Phi) is 2.91. The topological polar surface area (TPSA) is 63.2 Å². The van der Waals surface area contributed by atoms with E-state index in [-0.39, 0.29) is 11.1 Å². The summed E-state index contributed by atoms with van der Waals surface area (Å²) < 4.78 is 24.3. The molecule has 5 heteroatoms. The summed E-state index contributed by atoms with van der Waals surface area (Å²) in [4.78, 5) is 12.3. The molecular formula is C18H10FNO3. The van der Waals surface area contributed by atoms with Crippen molar-refractivity contribution in [3.05, 3.63) is 63.8 Å². The average molecular weight is 307 g/mol. The van der Waals surface area contributed by atoms with Crippen molar-refractivity contribution in [2.24, 2.45) is 0 Å². The average Bonchev–Trinajstić information content (AvgIpc) is 3.01. The SMILES string of the molecule is N#Cc1cc(F)cc2cc(-c3ccc4c(c3)CCO4)c(=O)oc12. The van der Waals surface area contributed by atoms with Crippen LogP contribution in [0.25, 0.3) is 22.1 Å². The minimum Gasteiger partial charge on any atom is -0.493 e. The molecule has 0 bridgehead atoms. The Bertz CT molecular complexity index is 1050. The molecule has 0 radical (unpaired) electrons. The van der Waals surface area contributed by atoms with E-state index in [0.29, 0.717) is 23.1 Å². The number of halogens is 1. The van der Waals surface area contributed by atoms with Gasteiger partial charge in [0, 0.05) is 11.8 Å². The second-order valence-electron chi connectivity index (χ2n) is 5.35. The Morgan fingerprint density at radius 3 is 2.87 bits per heavy atom. The monoisotopic (exact) mass is 307 g/mol. The van der Waals surface area contributed by atoms with Gasteiger partial charge in [-0.3, -0.25) is 0 Å². The van der Waals surface area contributed by atoms with Crippen molar-refractivity contribution < 1.29 is 13.5 Å². The largest absolute Gasteiger partial charge is 0.493 e. The van der Waals surface area contributed by atoms with Gasteiger partial charge >= 0.3 is 5.63 Å². The van der Waals surface area contributed by atoms with E-state index in [1.165, 1.54) is 6.07 Å². The molecule has 0 aliphatic carbocycles. The van der Waals surface area contributed by atoms with Crippen molar-refractivity contribution in [1.82, 2.24) is 0 Å². The van der Waals surface area contributed by atoms with E-state index < -0.39 is 11.4 Å². The van der Waals surface area contributed by atoms with Crippen molar-refractivity contribution in [2.45, 2.75) is 6.42 Å². The normalized spacial score (nSPS) is 12.7. The summed E-state index contributed by atoms with van der Waals surface area (Å²) in [6.45, 7) is 0.627. The number of hydrogen-bond acceptors (Lipinski definition) is 4. The van der Waals surface area contributed by atoms with Gasteiger partial charge in [0.2, 0.25) is 0 Å². The zero-order valence-corrected chi connectivity index (χ0v) is 11.9. The molecule has 3 aromatic rings. The number of hydrogen-bond donors (Lipinski definition) is 0. The predicted molar refractivity (Wildman–Crippen MR) is 81.8 cm³/mol. The zero-order chi connectivity index (χ0) is 16.0. The summed E-state index contributed by atoms with van der Waals surface area (Å²) in [7, 11) is 0. The first-order valence-electron chi connectivity index (χ1n) is 7.09. The molecule has 0 saturated heterocycles. The van der Waals surface area contributed by atoms with Crippen LogP contribution in [0.5, 0.6) is 5.75 Å². The van der Waals surface area contributed by atoms with E-state index in [9.17, 15) is 9.18 Å². The van der Waals surface area contributed by atoms with Gasteiger partial charge in [0.25, 0.3) is 0 Å². The summed E-state index contributed by atoms with van der Waals surface area (Å²) >= 11 is 0. The summed E-state index contributed by atoms with van der Waals surface area (Å²) in [5, 5.41) is 9.43. The molecule has 23 heavy (non-hydrogen) atoms. The van der Waals surface area contributed by atoms with E-state index in [0.717, 1.165) is 23.8 Å². The third-order valence-electron chi connectivity index (χ3n) is 3.92. The van der Waals surface area contributed by atoms with Crippen LogP contribution in [0.4, 0.5) is 4.39 Å². The van der Waals surface area contributed by atoms with E-state index in [1.54, 1.807) is 12.1 Å². The van der Waals surface area contributed by atoms with Gasteiger partial charge < -0.3 is 9.15 Å². The Morgan fingerprint density at radius 2 is 2.04 bits per heavy atom. The van der Waals surface area contributed by atoms with Gasteiger partial charge in [-0.15, -0.1) is 0 Å². The van der Waals surface area contributed by atoms with E-state index in [2.05, 4.69) is 0 Å². The Morgan fingerprint density at radius 1 is 1.17 bits per heavy atom. The quantitative estimate of drug-likeness (QED) is 0.646. The molecule has 112 valence electrons. The van der Waals surface area contributed by atoms with Crippen LogP contribution >= 0.6 is 0 Å². The third-order valence-corrected chi connectivity index (χ3v) is 3.92. The molecule has 1 aliphatic rings. The lowest BCUT2D eigenvalue weighted by Crippen LogP contribution is -2.04. The predicted octanol–water partition coefficient (Wildman–Crippen LogP) is 3.41. The number of nitriles is 1. The van der Waals surface area contributed by atoms with E-state index in [4.69, 9.17) is 14.4 Å². The first-order chi connectivity index (χ1) is 11.2. The number of ether oxygens (including phenoxy) is 1. The van der Waals surface area contributed by atoms with E-state index in [1.807, 2.05) is 18.2 Å². The van der Waals surface area contributed by atoms with E-state index >= 15 is 0 Å². The van der Waals surface area contributed by atoms with Gasteiger partial charge in [-0.2, -0.15) is 5.26 Å². The molecule has 1 aliphatic heterocycles. The molecule has 2 aromatic carbocycles. The molecule has 0 atom stereocenters. The summed E-state index contributed by atoms with van der Waals surface area (Å²) in [6, 6.07) is 11.2. The van der Waals surface area contributed by atoms with Crippen LogP contribution in [0.1, 0.15) is 11.1 Å².